The number of methoxy groups -OCH3 is 1. The van der Waals surface area contributed by atoms with Gasteiger partial charge >= 0.3 is 0 Å². The number of carbonyl (C=O) groups is 2. The van der Waals surface area contributed by atoms with Crippen molar-refractivity contribution in [1.29, 1.82) is 0 Å². The maximum absolute atomic E-state index is 13.5. The highest BCUT2D eigenvalue weighted by Gasteiger charge is 2.28. The first-order valence-electron chi connectivity index (χ1n) is 11.9. The molecule has 0 aromatic carbocycles. The first-order chi connectivity index (χ1) is 17.4. The molecule has 0 bridgehead atoms. The normalized spacial score (nSPS) is 14.1. The third kappa shape index (κ3) is 7.05. The Labute approximate surface area is 211 Å². The van der Waals surface area contributed by atoms with Gasteiger partial charge in [-0.2, -0.15) is 0 Å². The van der Waals surface area contributed by atoms with Crippen LogP contribution < -0.4 is 16.0 Å². The van der Waals surface area contributed by atoms with Crippen LogP contribution in [0.1, 0.15) is 78.3 Å². The largest absolute Gasteiger partial charge is 0.378 e. The van der Waals surface area contributed by atoms with Gasteiger partial charge in [-0.15, -0.1) is 0 Å². The molecular weight excluding hydrogens is 458 g/mol. The molecular formula is C26H33N7O3. The van der Waals surface area contributed by atoms with E-state index in [2.05, 4.69) is 42.8 Å². The van der Waals surface area contributed by atoms with Crippen LogP contribution in [0, 0.1) is 0 Å². The third-order valence-corrected chi connectivity index (χ3v) is 5.52. The van der Waals surface area contributed by atoms with Gasteiger partial charge in [0.05, 0.1) is 35.6 Å². The van der Waals surface area contributed by atoms with Crippen LogP contribution in [-0.4, -0.2) is 47.1 Å². The molecule has 2 heterocycles. The number of nitrogens with one attached hydrogen (secondary N) is 3. The standard InChI is InChI=1S/C26H33N7O3/c1-6-16(3)12-19(13-28-7-2)31-24-23(32-21(14-29-24)17-8-9-17)26(35)33-20-11-10-18(15-36-5)30-22(20)25(34)27-4/h7,10-14,17H,6,8-9,15H2,1-5H3,(H,27,34)(H,29,31)(H,33,35)/b16-12+,19-13+,28-7-. The van der Waals surface area contributed by atoms with Gasteiger partial charge in [-0.25, -0.2) is 15.0 Å². The minimum Gasteiger partial charge on any atom is -0.378 e. The van der Waals surface area contributed by atoms with Crippen molar-refractivity contribution in [2.45, 2.75) is 52.6 Å². The van der Waals surface area contributed by atoms with Crippen LogP contribution in [0.25, 0.3) is 0 Å². The Hall–Kier alpha value is -3.92. The van der Waals surface area contributed by atoms with Crippen LogP contribution in [0.4, 0.5) is 11.5 Å². The lowest BCUT2D eigenvalue weighted by molar-refractivity contribution is 0.0958. The molecule has 0 radical (unpaired) electrons. The lowest BCUT2D eigenvalue weighted by Gasteiger charge is -2.14. The zero-order valence-corrected chi connectivity index (χ0v) is 21.4. The van der Waals surface area contributed by atoms with Gasteiger partial charge in [0, 0.05) is 32.5 Å². The summed E-state index contributed by atoms with van der Waals surface area (Å²) in [5.74, 6) is -0.341. The van der Waals surface area contributed by atoms with Crippen molar-refractivity contribution < 1.29 is 14.3 Å². The molecule has 0 spiro atoms. The van der Waals surface area contributed by atoms with E-state index < -0.39 is 11.8 Å². The fourth-order valence-corrected chi connectivity index (χ4v) is 3.29. The number of carbonyl (C=O) groups excluding carboxylic acids is 2. The van der Waals surface area contributed by atoms with Gasteiger partial charge in [0.15, 0.2) is 17.2 Å². The van der Waals surface area contributed by atoms with E-state index in [4.69, 9.17) is 4.74 Å². The number of aliphatic imine (C=N–C) groups is 1. The summed E-state index contributed by atoms with van der Waals surface area (Å²) < 4.78 is 5.12. The van der Waals surface area contributed by atoms with E-state index in [1.54, 1.807) is 37.9 Å². The van der Waals surface area contributed by atoms with E-state index in [0.717, 1.165) is 30.5 Å². The summed E-state index contributed by atoms with van der Waals surface area (Å²) in [6.45, 7) is 6.14. The van der Waals surface area contributed by atoms with Gasteiger partial charge in [0.1, 0.15) is 0 Å². The van der Waals surface area contributed by atoms with Crippen molar-refractivity contribution in [1.82, 2.24) is 20.3 Å². The van der Waals surface area contributed by atoms with Gasteiger partial charge in [-0.3, -0.25) is 14.6 Å². The highest BCUT2D eigenvalue weighted by atomic mass is 16.5. The molecule has 190 valence electrons. The molecule has 3 N–H and O–H groups in total. The zero-order valence-electron chi connectivity index (χ0n) is 21.4. The Morgan fingerprint density at radius 3 is 2.58 bits per heavy atom. The van der Waals surface area contributed by atoms with Crippen LogP contribution in [0.3, 0.4) is 0 Å². The SMILES string of the molecule is C\C=N/C=C(\C=C(/C)CC)Nc1ncc(C2CC2)nc1C(=O)Nc1ccc(COC)nc1C(=O)NC. The van der Waals surface area contributed by atoms with Crippen LogP contribution in [0.2, 0.25) is 0 Å². The quantitative estimate of drug-likeness (QED) is 0.317. The number of hydrogen-bond acceptors (Lipinski definition) is 8. The minimum atomic E-state index is -0.506. The number of amides is 2. The molecule has 2 amide bonds. The third-order valence-electron chi connectivity index (χ3n) is 5.52. The Kier molecular flexibility index (Phi) is 9.40. The van der Waals surface area contributed by atoms with Crippen molar-refractivity contribution in [2.75, 3.05) is 24.8 Å². The molecule has 1 aliphatic rings. The van der Waals surface area contributed by atoms with Crippen molar-refractivity contribution in [3.05, 3.63) is 64.7 Å². The summed E-state index contributed by atoms with van der Waals surface area (Å²) in [4.78, 5) is 43.7. The van der Waals surface area contributed by atoms with Gasteiger partial charge in [0.2, 0.25) is 0 Å². The number of ether oxygens (including phenoxy) is 1. The lowest BCUT2D eigenvalue weighted by Crippen LogP contribution is -2.24. The molecule has 10 nitrogen and oxygen atoms in total. The molecule has 0 unspecified atom stereocenters. The average molecular weight is 492 g/mol. The van der Waals surface area contributed by atoms with E-state index in [1.807, 2.05) is 19.9 Å². The summed E-state index contributed by atoms with van der Waals surface area (Å²) in [5.41, 5.74) is 3.60. The average Bonchev–Trinajstić information content (AvgIpc) is 3.73. The molecule has 0 aliphatic heterocycles. The zero-order chi connectivity index (χ0) is 26.1. The van der Waals surface area contributed by atoms with Gasteiger partial charge in [-0.05, 0) is 51.3 Å². The molecule has 36 heavy (non-hydrogen) atoms. The fraction of sp³-hybridized carbons (Fsp3) is 0.385. The molecule has 3 rings (SSSR count). The Balaban J connectivity index is 1.99. The Morgan fingerprint density at radius 2 is 1.94 bits per heavy atom. The van der Waals surface area contributed by atoms with E-state index in [0.29, 0.717) is 23.1 Å². The minimum absolute atomic E-state index is 0.0839. The molecule has 1 aliphatic carbocycles. The highest BCUT2D eigenvalue weighted by molar-refractivity contribution is 6.09. The summed E-state index contributed by atoms with van der Waals surface area (Å²) in [6.07, 6.45) is 9.89. The van der Waals surface area contributed by atoms with Crippen LogP contribution in [-0.2, 0) is 11.3 Å². The molecule has 1 saturated carbocycles. The highest BCUT2D eigenvalue weighted by Crippen LogP contribution is 2.39. The molecule has 0 atom stereocenters. The van der Waals surface area contributed by atoms with E-state index in [9.17, 15) is 9.59 Å². The summed E-state index contributed by atoms with van der Waals surface area (Å²) >= 11 is 0. The smallest absolute Gasteiger partial charge is 0.278 e. The number of allylic oxidation sites excluding steroid dienone is 2. The Morgan fingerprint density at radius 1 is 1.17 bits per heavy atom. The molecule has 1 fully saturated rings. The van der Waals surface area contributed by atoms with Crippen molar-refractivity contribution in [3.8, 4) is 0 Å². The van der Waals surface area contributed by atoms with Crippen molar-refractivity contribution in [3.63, 3.8) is 0 Å². The van der Waals surface area contributed by atoms with Gasteiger partial charge in [0.25, 0.3) is 11.8 Å². The number of pyridine rings is 1. The van der Waals surface area contributed by atoms with E-state index in [1.165, 1.54) is 7.05 Å². The molecule has 0 saturated heterocycles. The van der Waals surface area contributed by atoms with E-state index in [-0.39, 0.29) is 23.7 Å². The number of aromatic nitrogens is 3. The van der Waals surface area contributed by atoms with Gasteiger partial charge in [-0.1, -0.05) is 12.5 Å². The van der Waals surface area contributed by atoms with Crippen molar-refractivity contribution in [2.24, 2.45) is 4.99 Å². The lowest BCUT2D eigenvalue weighted by atomic mass is 10.2. The Bertz CT molecular complexity index is 1200. The second-order valence-electron chi connectivity index (χ2n) is 8.39. The second-order valence-corrected chi connectivity index (χ2v) is 8.39. The van der Waals surface area contributed by atoms with Crippen LogP contribution >= 0.6 is 0 Å². The van der Waals surface area contributed by atoms with Crippen LogP contribution in [0.5, 0.6) is 0 Å². The number of rotatable bonds is 11. The van der Waals surface area contributed by atoms with Crippen LogP contribution in [0.15, 0.2) is 46.9 Å². The fourth-order valence-electron chi connectivity index (χ4n) is 3.29. The maximum atomic E-state index is 13.5. The topological polar surface area (TPSA) is 130 Å². The maximum Gasteiger partial charge on any atom is 0.278 e. The molecule has 10 heteroatoms. The van der Waals surface area contributed by atoms with Crippen molar-refractivity contribution >= 4 is 29.5 Å². The van der Waals surface area contributed by atoms with Gasteiger partial charge < -0.3 is 20.7 Å². The summed E-state index contributed by atoms with van der Waals surface area (Å²) in [7, 11) is 3.05. The number of nitrogens with zero attached hydrogens (tertiary/aromatic N) is 4. The number of anilines is 2. The monoisotopic (exact) mass is 491 g/mol. The molecule has 2 aromatic heterocycles. The molecule has 2 aromatic rings. The first-order valence-corrected chi connectivity index (χ1v) is 11.9. The van der Waals surface area contributed by atoms with E-state index >= 15 is 0 Å². The summed E-state index contributed by atoms with van der Waals surface area (Å²) in [6, 6.07) is 3.32. The number of hydrogen-bond donors (Lipinski definition) is 3. The summed E-state index contributed by atoms with van der Waals surface area (Å²) in [5, 5.41) is 8.55. The first kappa shape index (κ1) is 26.7. The predicted molar refractivity (Wildman–Crippen MR) is 140 cm³/mol. The second kappa shape index (κ2) is 12.7. The predicted octanol–water partition coefficient (Wildman–Crippen LogP) is 4.21.